The van der Waals surface area contributed by atoms with Crippen molar-refractivity contribution in [3.8, 4) is 0 Å². The fourth-order valence-corrected chi connectivity index (χ4v) is 3.93. The zero-order valence-corrected chi connectivity index (χ0v) is 20.4. The molecule has 0 aromatic heterocycles. The Labute approximate surface area is 205 Å². The van der Waals surface area contributed by atoms with Crippen LogP contribution in [0.3, 0.4) is 0 Å². The number of hydrogen-bond acceptors (Lipinski definition) is 4. The number of likely N-dealkylation sites (tertiary alicyclic amines) is 1. The molecule has 1 fully saturated rings. The maximum atomic E-state index is 13.7. The van der Waals surface area contributed by atoms with E-state index in [2.05, 4.69) is 5.32 Å². The molecule has 2 rings (SSSR count). The molecule has 1 saturated heterocycles. The third kappa shape index (κ3) is 6.38. The van der Waals surface area contributed by atoms with E-state index in [1.807, 2.05) is 5.32 Å². The molecule has 0 aliphatic carbocycles. The van der Waals surface area contributed by atoms with Gasteiger partial charge in [-0.05, 0) is 36.8 Å². The highest BCUT2D eigenvalue weighted by Crippen LogP contribution is 2.37. The van der Waals surface area contributed by atoms with Crippen LogP contribution in [0.2, 0.25) is 0 Å². The van der Waals surface area contributed by atoms with E-state index in [0.29, 0.717) is 12.0 Å². The number of hydrogen-bond donors (Lipinski definition) is 2. The third-order valence-corrected chi connectivity index (χ3v) is 6.01. The van der Waals surface area contributed by atoms with Crippen LogP contribution in [0.4, 0.5) is 22.0 Å². The minimum Gasteiger partial charge on any atom is -0.344 e. The molecule has 1 aliphatic rings. The predicted octanol–water partition coefficient (Wildman–Crippen LogP) is 3.34. The highest BCUT2D eigenvalue weighted by molar-refractivity contribution is 5.99. The van der Waals surface area contributed by atoms with E-state index >= 15 is 0 Å². The van der Waals surface area contributed by atoms with Crippen molar-refractivity contribution in [1.29, 1.82) is 0 Å². The van der Waals surface area contributed by atoms with E-state index in [4.69, 9.17) is 0 Å². The first kappa shape index (κ1) is 29.2. The van der Waals surface area contributed by atoms with Crippen molar-refractivity contribution in [2.24, 2.45) is 11.8 Å². The van der Waals surface area contributed by atoms with Gasteiger partial charge in [-0.15, -0.1) is 0 Å². The van der Waals surface area contributed by atoms with Gasteiger partial charge in [-0.25, -0.2) is 0 Å². The van der Waals surface area contributed by atoms with Crippen molar-refractivity contribution in [3.05, 3.63) is 35.9 Å². The summed E-state index contributed by atoms with van der Waals surface area (Å²) in [6, 6.07) is 3.80. The SMILES string of the molecule is CC(C)[C@H](NC(=O)c1ccccc1)C(=O)N1CCC[C@H]1C(=O)N[C@H](C(=O)C(F)(F)C(F)(F)F)C(C)C. The zero-order valence-electron chi connectivity index (χ0n) is 20.4. The Kier molecular flexibility index (Phi) is 9.19. The predicted molar refractivity (Wildman–Crippen MR) is 120 cm³/mol. The number of nitrogens with one attached hydrogen (secondary N) is 2. The lowest BCUT2D eigenvalue weighted by atomic mass is 9.95. The summed E-state index contributed by atoms with van der Waals surface area (Å²) in [6.07, 6.45) is -5.64. The van der Waals surface area contributed by atoms with Crippen LogP contribution in [0.15, 0.2) is 30.3 Å². The molecule has 3 amide bonds. The van der Waals surface area contributed by atoms with Crippen LogP contribution in [0.25, 0.3) is 0 Å². The number of nitrogens with zero attached hydrogens (tertiary/aromatic N) is 1. The number of rotatable bonds is 9. The summed E-state index contributed by atoms with van der Waals surface area (Å²) in [5, 5.41) is 4.65. The van der Waals surface area contributed by atoms with E-state index in [1.54, 1.807) is 44.2 Å². The van der Waals surface area contributed by atoms with Crippen molar-refractivity contribution in [3.63, 3.8) is 0 Å². The van der Waals surface area contributed by atoms with Gasteiger partial charge in [-0.2, -0.15) is 22.0 Å². The monoisotopic (exact) mass is 519 g/mol. The van der Waals surface area contributed by atoms with E-state index in [1.165, 1.54) is 13.8 Å². The van der Waals surface area contributed by atoms with Gasteiger partial charge >= 0.3 is 12.1 Å². The lowest BCUT2D eigenvalue weighted by Gasteiger charge is -2.32. The van der Waals surface area contributed by atoms with Crippen molar-refractivity contribution in [1.82, 2.24) is 15.5 Å². The summed E-state index contributed by atoms with van der Waals surface area (Å²) in [7, 11) is 0. The number of carbonyl (C=O) groups excluding carboxylic acids is 4. The van der Waals surface area contributed by atoms with Crippen molar-refractivity contribution >= 4 is 23.5 Å². The molecule has 12 heteroatoms. The summed E-state index contributed by atoms with van der Waals surface area (Å²) in [4.78, 5) is 52.1. The van der Waals surface area contributed by atoms with E-state index in [-0.39, 0.29) is 18.9 Å². The Balaban J connectivity index is 2.21. The van der Waals surface area contributed by atoms with Crippen LogP contribution in [0.1, 0.15) is 50.9 Å². The first-order chi connectivity index (χ1) is 16.6. The lowest BCUT2D eigenvalue weighted by Crippen LogP contribution is -2.60. The first-order valence-electron chi connectivity index (χ1n) is 11.5. The molecule has 200 valence electrons. The van der Waals surface area contributed by atoms with Gasteiger partial charge in [-0.3, -0.25) is 19.2 Å². The fraction of sp³-hybridized carbons (Fsp3) is 0.583. The Morgan fingerprint density at radius 2 is 1.44 bits per heavy atom. The van der Waals surface area contributed by atoms with Crippen LogP contribution >= 0.6 is 0 Å². The maximum Gasteiger partial charge on any atom is 0.461 e. The lowest BCUT2D eigenvalue weighted by molar-refractivity contribution is -0.270. The number of benzene rings is 1. The molecule has 0 bridgehead atoms. The van der Waals surface area contributed by atoms with Crippen LogP contribution in [-0.4, -0.2) is 65.2 Å². The average Bonchev–Trinajstić information content (AvgIpc) is 3.29. The second kappa shape index (κ2) is 11.3. The Morgan fingerprint density at radius 1 is 0.889 bits per heavy atom. The fourth-order valence-electron chi connectivity index (χ4n) is 3.93. The quantitative estimate of drug-likeness (QED) is 0.490. The van der Waals surface area contributed by atoms with Gasteiger partial charge in [0.2, 0.25) is 17.6 Å². The van der Waals surface area contributed by atoms with Crippen molar-refractivity contribution in [2.45, 2.75) is 70.8 Å². The minimum absolute atomic E-state index is 0.111. The first-order valence-corrected chi connectivity index (χ1v) is 11.5. The zero-order chi connectivity index (χ0) is 27.4. The molecule has 1 aliphatic heterocycles. The molecular weight excluding hydrogens is 489 g/mol. The van der Waals surface area contributed by atoms with Gasteiger partial charge in [0.1, 0.15) is 12.1 Å². The molecule has 2 N–H and O–H groups in total. The topological polar surface area (TPSA) is 95.6 Å². The summed E-state index contributed by atoms with van der Waals surface area (Å²) >= 11 is 0. The molecule has 1 heterocycles. The van der Waals surface area contributed by atoms with Crippen molar-refractivity contribution < 1.29 is 41.1 Å². The van der Waals surface area contributed by atoms with Gasteiger partial charge in [0, 0.05) is 12.1 Å². The Hall–Kier alpha value is -3.05. The van der Waals surface area contributed by atoms with Gasteiger partial charge in [-0.1, -0.05) is 45.9 Å². The number of carbonyl (C=O) groups is 4. The van der Waals surface area contributed by atoms with Crippen LogP contribution in [-0.2, 0) is 14.4 Å². The standard InChI is InChI=1S/C24H30F5N3O4/c1-13(2)17(19(33)23(25,26)24(27,28)29)30-21(35)16-11-8-12-32(16)22(36)18(14(3)4)31-20(34)15-9-6-5-7-10-15/h5-7,9-10,13-14,16-18H,8,11-12H2,1-4H3,(H,30,35)(H,31,34)/t16-,17-,18-/m0/s1. The van der Waals surface area contributed by atoms with Gasteiger partial charge < -0.3 is 15.5 Å². The summed E-state index contributed by atoms with van der Waals surface area (Å²) in [5.41, 5.74) is 0.315. The Bertz CT molecular complexity index is 966. The van der Waals surface area contributed by atoms with Crippen LogP contribution in [0.5, 0.6) is 0 Å². The van der Waals surface area contributed by atoms with Crippen molar-refractivity contribution in [2.75, 3.05) is 6.54 Å². The second-order valence-electron chi connectivity index (χ2n) is 9.42. The van der Waals surface area contributed by atoms with E-state index < -0.39 is 59.6 Å². The normalized spacial score (nSPS) is 18.2. The summed E-state index contributed by atoms with van der Waals surface area (Å²) in [5.74, 6) is -11.7. The van der Waals surface area contributed by atoms with Gasteiger partial charge in [0.25, 0.3) is 5.91 Å². The molecule has 36 heavy (non-hydrogen) atoms. The van der Waals surface area contributed by atoms with E-state index in [0.717, 1.165) is 4.90 Å². The number of ketones is 1. The largest absolute Gasteiger partial charge is 0.461 e. The maximum absolute atomic E-state index is 13.7. The molecule has 1 aromatic carbocycles. The molecule has 0 radical (unpaired) electrons. The van der Waals surface area contributed by atoms with Gasteiger partial charge in [0.15, 0.2) is 0 Å². The molecule has 0 spiro atoms. The minimum atomic E-state index is -6.11. The number of alkyl halides is 5. The summed E-state index contributed by atoms with van der Waals surface area (Å²) in [6.45, 7) is 5.93. The van der Waals surface area contributed by atoms with Gasteiger partial charge in [0.05, 0.1) is 6.04 Å². The Morgan fingerprint density at radius 3 is 1.94 bits per heavy atom. The number of Topliss-reactive ketones (excluding diaryl/α,β-unsaturated/α-hetero) is 1. The molecular formula is C24H30F5N3O4. The highest BCUT2D eigenvalue weighted by Gasteiger charge is 2.64. The average molecular weight is 520 g/mol. The molecule has 0 unspecified atom stereocenters. The molecule has 0 saturated carbocycles. The van der Waals surface area contributed by atoms with E-state index in [9.17, 15) is 41.1 Å². The number of amides is 3. The third-order valence-electron chi connectivity index (χ3n) is 6.01. The highest BCUT2D eigenvalue weighted by atomic mass is 19.4. The molecule has 7 nitrogen and oxygen atoms in total. The summed E-state index contributed by atoms with van der Waals surface area (Å²) < 4.78 is 65.6. The second-order valence-corrected chi connectivity index (χ2v) is 9.42. The van der Waals surface area contributed by atoms with Crippen LogP contribution < -0.4 is 10.6 Å². The molecule has 1 aromatic rings. The number of halogens is 5. The smallest absolute Gasteiger partial charge is 0.344 e. The van der Waals surface area contributed by atoms with Crippen LogP contribution in [0, 0.1) is 11.8 Å². The molecule has 3 atom stereocenters.